The van der Waals surface area contributed by atoms with Crippen LogP contribution in [0, 0.1) is 0 Å². The number of rotatable bonds is 7. The van der Waals surface area contributed by atoms with Crippen LogP contribution in [0.3, 0.4) is 0 Å². The second-order valence-electron chi connectivity index (χ2n) is 4.37. The fourth-order valence-corrected chi connectivity index (χ4v) is 2.46. The smallest absolute Gasteiger partial charge is 0.306 e. The van der Waals surface area contributed by atoms with Gasteiger partial charge in [-0.05, 0) is 0 Å². The Balaban J connectivity index is 2.91. The standard InChI is InChI=1S/C12H22O7/c1-15-6-8-11(17-3)12(18-4)10(16-2)7(19-8)5-9(13)14/h7-8,10-12H,5-6H2,1-4H3,(H,13,14)/t7-,8-,10-,11-,12-/m1/s1. The average molecular weight is 278 g/mol. The molecule has 1 saturated heterocycles. The zero-order chi connectivity index (χ0) is 14.4. The maximum Gasteiger partial charge on any atom is 0.306 e. The third-order valence-electron chi connectivity index (χ3n) is 3.25. The lowest BCUT2D eigenvalue weighted by Crippen LogP contribution is -2.60. The van der Waals surface area contributed by atoms with Gasteiger partial charge in [-0.1, -0.05) is 0 Å². The maximum atomic E-state index is 10.9. The molecule has 112 valence electrons. The molecule has 1 aliphatic rings. The van der Waals surface area contributed by atoms with Crippen molar-refractivity contribution in [3.05, 3.63) is 0 Å². The van der Waals surface area contributed by atoms with Crippen molar-refractivity contribution in [2.45, 2.75) is 36.9 Å². The van der Waals surface area contributed by atoms with E-state index in [0.717, 1.165) is 0 Å². The van der Waals surface area contributed by atoms with E-state index in [-0.39, 0.29) is 12.5 Å². The van der Waals surface area contributed by atoms with Crippen LogP contribution in [-0.4, -0.2) is 76.6 Å². The Morgan fingerprint density at radius 2 is 1.53 bits per heavy atom. The number of carboxylic acids is 1. The van der Waals surface area contributed by atoms with E-state index in [1.165, 1.54) is 14.2 Å². The van der Waals surface area contributed by atoms with E-state index < -0.39 is 30.4 Å². The molecule has 5 atom stereocenters. The average Bonchev–Trinajstić information content (AvgIpc) is 2.37. The fourth-order valence-electron chi connectivity index (χ4n) is 2.46. The molecule has 1 rings (SSSR count). The van der Waals surface area contributed by atoms with Crippen molar-refractivity contribution in [3.63, 3.8) is 0 Å². The molecule has 0 saturated carbocycles. The SMILES string of the molecule is COC[C@H]1O[C@H](CC(=O)O)[C@@H](OC)[C@@H](OC)[C@@H]1OC. The predicted octanol–water partition coefficient (Wildman–Crippen LogP) is -0.0801. The van der Waals surface area contributed by atoms with E-state index in [1.807, 2.05) is 0 Å². The monoisotopic (exact) mass is 278 g/mol. The van der Waals surface area contributed by atoms with Gasteiger partial charge in [-0.25, -0.2) is 0 Å². The van der Waals surface area contributed by atoms with Crippen LogP contribution in [0.15, 0.2) is 0 Å². The number of ether oxygens (including phenoxy) is 5. The number of carbonyl (C=O) groups is 1. The van der Waals surface area contributed by atoms with Crippen molar-refractivity contribution in [3.8, 4) is 0 Å². The highest BCUT2D eigenvalue weighted by molar-refractivity contribution is 5.67. The zero-order valence-corrected chi connectivity index (χ0v) is 11.7. The van der Waals surface area contributed by atoms with Crippen molar-refractivity contribution < 1.29 is 33.6 Å². The number of methoxy groups -OCH3 is 4. The Hall–Kier alpha value is -0.730. The summed E-state index contributed by atoms with van der Waals surface area (Å²) in [5, 5.41) is 8.94. The minimum absolute atomic E-state index is 0.158. The van der Waals surface area contributed by atoms with Gasteiger partial charge in [0.15, 0.2) is 0 Å². The number of hydrogen-bond acceptors (Lipinski definition) is 6. The predicted molar refractivity (Wildman–Crippen MR) is 65.2 cm³/mol. The second-order valence-corrected chi connectivity index (χ2v) is 4.37. The van der Waals surface area contributed by atoms with E-state index in [1.54, 1.807) is 14.2 Å². The molecule has 0 aromatic heterocycles. The molecule has 0 spiro atoms. The van der Waals surface area contributed by atoms with E-state index in [2.05, 4.69) is 0 Å². The van der Waals surface area contributed by atoms with Crippen LogP contribution in [0.25, 0.3) is 0 Å². The minimum Gasteiger partial charge on any atom is -0.481 e. The van der Waals surface area contributed by atoms with Crippen molar-refractivity contribution in [2.24, 2.45) is 0 Å². The number of aliphatic carboxylic acids is 1. The molecule has 0 unspecified atom stereocenters. The summed E-state index contributed by atoms with van der Waals surface area (Å²) in [5.74, 6) is -0.950. The summed E-state index contributed by atoms with van der Waals surface area (Å²) in [6.45, 7) is 0.297. The van der Waals surface area contributed by atoms with Crippen LogP contribution < -0.4 is 0 Å². The number of carboxylic acid groups (broad SMARTS) is 1. The molecular weight excluding hydrogens is 256 g/mol. The number of hydrogen-bond donors (Lipinski definition) is 1. The highest BCUT2D eigenvalue weighted by atomic mass is 16.6. The molecule has 0 amide bonds. The van der Waals surface area contributed by atoms with Gasteiger partial charge in [0.25, 0.3) is 0 Å². The molecule has 19 heavy (non-hydrogen) atoms. The Morgan fingerprint density at radius 1 is 1.00 bits per heavy atom. The topological polar surface area (TPSA) is 83.5 Å². The van der Waals surface area contributed by atoms with Gasteiger partial charge in [0, 0.05) is 28.4 Å². The van der Waals surface area contributed by atoms with E-state index in [4.69, 9.17) is 28.8 Å². The normalized spacial score (nSPS) is 35.3. The van der Waals surface area contributed by atoms with Crippen LogP contribution in [0.1, 0.15) is 6.42 Å². The van der Waals surface area contributed by atoms with Gasteiger partial charge in [0.1, 0.15) is 24.4 Å². The van der Waals surface area contributed by atoms with Gasteiger partial charge in [-0.2, -0.15) is 0 Å². The summed E-state index contributed by atoms with van der Waals surface area (Å²) >= 11 is 0. The highest BCUT2D eigenvalue weighted by Crippen LogP contribution is 2.28. The molecule has 0 aromatic carbocycles. The van der Waals surface area contributed by atoms with Gasteiger partial charge in [0.2, 0.25) is 0 Å². The minimum atomic E-state index is -0.950. The van der Waals surface area contributed by atoms with E-state index in [9.17, 15) is 4.79 Å². The first-order chi connectivity index (χ1) is 9.08. The maximum absolute atomic E-state index is 10.9. The first kappa shape index (κ1) is 16.3. The summed E-state index contributed by atoms with van der Waals surface area (Å²) in [4.78, 5) is 10.9. The Labute approximate surface area is 112 Å². The van der Waals surface area contributed by atoms with Gasteiger partial charge in [0.05, 0.1) is 19.1 Å². The summed E-state index contributed by atoms with van der Waals surface area (Å²) in [6, 6.07) is 0. The van der Waals surface area contributed by atoms with Crippen LogP contribution in [0.4, 0.5) is 0 Å². The van der Waals surface area contributed by atoms with Crippen LogP contribution >= 0.6 is 0 Å². The lowest BCUT2D eigenvalue weighted by molar-refractivity contribution is -0.250. The molecule has 1 heterocycles. The van der Waals surface area contributed by atoms with Crippen molar-refractivity contribution in [1.29, 1.82) is 0 Å². The quantitative estimate of drug-likeness (QED) is 0.697. The molecule has 7 heteroatoms. The molecule has 0 radical (unpaired) electrons. The summed E-state index contributed by atoms with van der Waals surface area (Å²) in [5.41, 5.74) is 0. The lowest BCUT2D eigenvalue weighted by Gasteiger charge is -2.44. The third-order valence-corrected chi connectivity index (χ3v) is 3.25. The van der Waals surface area contributed by atoms with E-state index >= 15 is 0 Å². The largest absolute Gasteiger partial charge is 0.481 e. The molecule has 7 nitrogen and oxygen atoms in total. The van der Waals surface area contributed by atoms with Crippen LogP contribution in [0.5, 0.6) is 0 Å². The summed E-state index contributed by atoms with van der Waals surface area (Å²) < 4.78 is 26.9. The third kappa shape index (κ3) is 3.87. The summed E-state index contributed by atoms with van der Waals surface area (Å²) in [6.07, 6.45) is -2.43. The second kappa shape index (κ2) is 7.76. The van der Waals surface area contributed by atoms with Crippen LogP contribution in [0.2, 0.25) is 0 Å². The Bertz CT molecular complexity index is 283. The first-order valence-electron chi connectivity index (χ1n) is 6.03. The Kier molecular flexibility index (Phi) is 6.67. The fraction of sp³-hybridized carbons (Fsp3) is 0.917. The van der Waals surface area contributed by atoms with Gasteiger partial charge >= 0.3 is 5.97 Å². The van der Waals surface area contributed by atoms with Gasteiger partial charge < -0.3 is 28.8 Å². The van der Waals surface area contributed by atoms with E-state index in [0.29, 0.717) is 6.61 Å². The first-order valence-corrected chi connectivity index (χ1v) is 6.03. The van der Waals surface area contributed by atoms with Crippen molar-refractivity contribution in [2.75, 3.05) is 35.0 Å². The van der Waals surface area contributed by atoms with Crippen LogP contribution in [-0.2, 0) is 28.5 Å². The molecule has 0 aromatic rings. The van der Waals surface area contributed by atoms with Crippen molar-refractivity contribution >= 4 is 5.97 Å². The molecule has 0 aliphatic carbocycles. The summed E-state index contributed by atoms with van der Waals surface area (Å²) in [7, 11) is 6.13. The highest BCUT2D eigenvalue weighted by Gasteiger charge is 2.47. The molecule has 1 aliphatic heterocycles. The van der Waals surface area contributed by atoms with Crippen molar-refractivity contribution in [1.82, 2.24) is 0 Å². The Morgan fingerprint density at radius 3 is 1.95 bits per heavy atom. The lowest BCUT2D eigenvalue weighted by atomic mass is 9.93. The zero-order valence-electron chi connectivity index (χ0n) is 11.7. The van der Waals surface area contributed by atoms with Gasteiger partial charge in [-0.3, -0.25) is 4.79 Å². The molecule has 1 fully saturated rings. The molecular formula is C12H22O7. The molecule has 0 bridgehead atoms. The van der Waals surface area contributed by atoms with Gasteiger partial charge in [-0.15, -0.1) is 0 Å². The molecule has 1 N–H and O–H groups in total.